The van der Waals surface area contributed by atoms with Gasteiger partial charge in [0.1, 0.15) is 29.0 Å². The van der Waals surface area contributed by atoms with Gasteiger partial charge in [0.25, 0.3) is 5.95 Å². The van der Waals surface area contributed by atoms with Crippen molar-refractivity contribution in [1.82, 2.24) is 19.5 Å². The molecular weight excluding hydrogens is 401 g/mol. The first-order valence-corrected chi connectivity index (χ1v) is 8.46. The average molecular weight is 416 g/mol. The quantitative estimate of drug-likeness (QED) is 0.146. The maximum atomic E-state index is 12.6. The normalized spacial score (nSPS) is 29.1. The van der Waals surface area contributed by atoms with Crippen LogP contribution in [0.15, 0.2) is 16.7 Å². The Labute approximate surface area is 162 Å². The van der Waals surface area contributed by atoms with E-state index >= 15 is 0 Å². The van der Waals surface area contributed by atoms with Gasteiger partial charge in [-0.25, -0.2) is 9.37 Å². The molecule has 0 saturated carbocycles. The summed E-state index contributed by atoms with van der Waals surface area (Å²) in [6.07, 6.45) is -3.37. The van der Waals surface area contributed by atoms with Crippen molar-refractivity contribution in [1.29, 1.82) is 0 Å². The number of halogens is 2. The number of hydrogen-bond acceptors (Lipinski definition) is 8. The monoisotopic (exact) mass is 415 g/mol. The summed E-state index contributed by atoms with van der Waals surface area (Å²) < 4.78 is 20.0. The van der Waals surface area contributed by atoms with E-state index in [1.807, 2.05) is 0 Å². The molecule has 13 heteroatoms. The van der Waals surface area contributed by atoms with Gasteiger partial charge in [-0.2, -0.15) is 4.98 Å². The molecule has 0 aromatic carbocycles. The zero-order valence-corrected chi connectivity index (χ0v) is 15.4. The SMILES string of the molecule is C[C@@H](O)[C@H]1O[C@@H](n2cnc3c(=S)[nH]c(N=NN)nc32)[C@@](Cl)(C#CCF)[C@H]1O. The average Bonchev–Trinajstić information content (AvgIpc) is 3.14. The van der Waals surface area contributed by atoms with E-state index in [0.29, 0.717) is 5.52 Å². The van der Waals surface area contributed by atoms with Crippen molar-refractivity contribution in [2.24, 2.45) is 16.2 Å². The molecule has 0 unspecified atom stereocenters. The van der Waals surface area contributed by atoms with E-state index in [1.54, 1.807) is 0 Å². The molecule has 0 amide bonds. The molecule has 2 aromatic rings. The highest BCUT2D eigenvalue weighted by atomic mass is 35.5. The highest BCUT2D eigenvalue weighted by Gasteiger charge is 2.57. The second-order valence-electron chi connectivity index (χ2n) is 5.77. The lowest BCUT2D eigenvalue weighted by Crippen LogP contribution is -2.43. The van der Waals surface area contributed by atoms with Crippen molar-refractivity contribution < 1.29 is 19.3 Å². The van der Waals surface area contributed by atoms with Crippen molar-refractivity contribution in [2.45, 2.75) is 36.3 Å². The Hall–Kier alpha value is -2.17. The Kier molecular flexibility index (Phi) is 5.41. The van der Waals surface area contributed by atoms with Crippen LogP contribution < -0.4 is 5.84 Å². The smallest absolute Gasteiger partial charge is 0.251 e. The minimum atomic E-state index is -1.76. The van der Waals surface area contributed by atoms with Gasteiger partial charge in [0.05, 0.1) is 12.4 Å². The zero-order chi connectivity index (χ0) is 19.8. The molecule has 1 aliphatic rings. The van der Waals surface area contributed by atoms with Gasteiger partial charge in [-0.15, -0.1) is 0 Å². The summed E-state index contributed by atoms with van der Waals surface area (Å²) in [4.78, 5) is 9.29. The molecule has 3 rings (SSSR count). The van der Waals surface area contributed by atoms with Crippen molar-refractivity contribution in [3.63, 3.8) is 0 Å². The summed E-state index contributed by atoms with van der Waals surface area (Å²) >= 11 is 11.7. The summed E-state index contributed by atoms with van der Waals surface area (Å²) in [6.45, 7) is 0.457. The third kappa shape index (κ3) is 3.28. The number of alkyl halides is 2. The van der Waals surface area contributed by atoms with Crippen LogP contribution in [0.25, 0.3) is 11.2 Å². The number of nitrogens with one attached hydrogen (secondary N) is 1. The van der Waals surface area contributed by atoms with Crippen molar-refractivity contribution in [3.8, 4) is 11.8 Å². The molecule has 1 saturated heterocycles. The van der Waals surface area contributed by atoms with Gasteiger partial charge < -0.3 is 25.8 Å². The third-order valence-corrected chi connectivity index (χ3v) is 4.83. The largest absolute Gasteiger partial charge is 0.391 e. The number of aromatic amines is 1. The van der Waals surface area contributed by atoms with Crippen LogP contribution in [0.3, 0.4) is 0 Å². The number of nitrogens with zero attached hydrogens (tertiary/aromatic N) is 5. The number of H-pyrrole nitrogens is 1. The van der Waals surface area contributed by atoms with Crippen molar-refractivity contribution in [2.75, 3.05) is 6.67 Å². The zero-order valence-electron chi connectivity index (χ0n) is 13.9. The minimum Gasteiger partial charge on any atom is -0.391 e. The van der Waals surface area contributed by atoms with Gasteiger partial charge in [0, 0.05) is 0 Å². The fraction of sp³-hybridized carbons (Fsp3) is 0.500. The van der Waals surface area contributed by atoms with Crippen LogP contribution >= 0.6 is 23.8 Å². The van der Waals surface area contributed by atoms with Gasteiger partial charge in [-0.1, -0.05) is 46.0 Å². The summed E-state index contributed by atoms with van der Waals surface area (Å²) in [5, 5.41) is 27.2. The summed E-state index contributed by atoms with van der Waals surface area (Å²) in [5.41, 5.74) is 0.508. The lowest BCUT2D eigenvalue weighted by atomic mass is 9.96. The van der Waals surface area contributed by atoms with E-state index in [2.05, 4.69) is 37.1 Å². The van der Waals surface area contributed by atoms with Gasteiger partial charge in [-0.3, -0.25) is 4.57 Å². The number of fused-ring (bicyclic) bond motifs is 1. The van der Waals surface area contributed by atoms with E-state index in [9.17, 15) is 14.6 Å². The van der Waals surface area contributed by atoms with Crippen LogP contribution in [-0.2, 0) is 4.74 Å². The Balaban J connectivity index is 2.19. The molecule has 144 valence electrons. The predicted octanol–water partition coefficient (Wildman–Crippen LogP) is 1.04. The number of imidazole rings is 1. The van der Waals surface area contributed by atoms with E-state index in [4.69, 9.17) is 34.4 Å². The van der Waals surface area contributed by atoms with E-state index in [1.165, 1.54) is 17.8 Å². The Bertz CT molecular complexity index is 1000. The molecule has 10 nitrogen and oxygen atoms in total. The van der Waals surface area contributed by atoms with E-state index < -0.39 is 36.1 Å². The maximum Gasteiger partial charge on any atom is 0.251 e. The number of aromatic nitrogens is 4. The summed E-state index contributed by atoms with van der Waals surface area (Å²) in [7, 11) is 0. The van der Waals surface area contributed by atoms with Crippen LogP contribution in [0.2, 0.25) is 0 Å². The van der Waals surface area contributed by atoms with Gasteiger partial charge in [0.15, 0.2) is 16.7 Å². The molecular formula is C14H15ClFN7O3S. The Morgan fingerprint density at radius 3 is 3.04 bits per heavy atom. The van der Waals surface area contributed by atoms with Crippen molar-refractivity contribution in [3.05, 3.63) is 11.0 Å². The first-order chi connectivity index (χ1) is 12.8. The molecule has 2 aromatic heterocycles. The lowest BCUT2D eigenvalue weighted by molar-refractivity contribution is -0.0752. The van der Waals surface area contributed by atoms with Crippen LogP contribution in [0.4, 0.5) is 10.3 Å². The van der Waals surface area contributed by atoms with Crippen LogP contribution in [-0.4, -0.2) is 59.6 Å². The van der Waals surface area contributed by atoms with Gasteiger partial charge in [-0.05, 0) is 6.92 Å². The molecule has 0 aliphatic carbocycles. The number of ether oxygens (including phenoxy) is 1. The molecule has 3 heterocycles. The molecule has 1 aliphatic heterocycles. The van der Waals surface area contributed by atoms with E-state index in [-0.39, 0.29) is 16.2 Å². The minimum absolute atomic E-state index is 0.0115. The molecule has 27 heavy (non-hydrogen) atoms. The molecule has 0 spiro atoms. The third-order valence-electron chi connectivity index (χ3n) is 4.03. The van der Waals surface area contributed by atoms with Gasteiger partial charge >= 0.3 is 0 Å². The number of hydrogen-bond donors (Lipinski definition) is 4. The number of aliphatic hydroxyl groups excluding tert-OH is 2. The summed E-state index contributed by atoms with van der Waals surface area (Å²) in [5.74, 6) is 9.74. The van der Waals surface area contributed by atoms with E-state index in [0.717, 1.165) is 0 Å². The molecule has 5 N–H and O–H groups in total. The maximum absolute atomic E-state index is 12.6. The Morgan fingerprint density at radius 2 is 2.41 bits per heavy atom. The number of aliphatic hydroxyl groups is 2. The summed E-state index contributed by atoms with van der Waals surface area (Å²) in [6, 6.07) is 0. The fourth-order valence-corrected chi connectivity index (χ4v) is 3.43. The predicted molar refractivity (Wildman–Crippen MR) is 95.3 cm³/mol. The first-order valence-electron chi connectivity index (χ1n) is 7.67. The second kappa shape index (κ2) is 7.45. The second-order valence-corrected chi connectivity index (χ2v) is 6.80. The van der Waals surface area contributed by atoms with Crippen LogP contribution in [0, 0.1) is 16.5 Å². The number of nitrogens with two attached hydrogens (primary N) is 1. The highest BCUT2D eigenvalue weighted by molar-refractivity contribution is 7.71. The van der Waals surface area contributed by atoms with Gasteiger partial charge in [0.2, 0.25) is 0 Å². The lowest BCUT2D eigenvalue weighted by Gasteiger charge is -2.25. The van der Waals surface area contributed by atoms with Crippen LogP contribution in [0.5, 0.6) is 0 Å². The van der Waals surface area contributed by atoms with Crippen LogP contribution in [0.1, 0.15) is 13.2 Å². The molecule has 1 fully saturated rings. The Morgan fingerprint density at radius 1 is 1.67 bits per heavy atom. The number of rotatable bonds is 3. The fourth-order valence-electron chi connectivity index (χ4n) is 2.85. The molecule has 5 atom stereocenters. The van der Waals surface area contributed by atoms with Crippen molar-refractivity contribution >= 4 is 40.9 Å². The molecule has 0 radical (unpaired) electrons. The highest BCUT2D eigenvalue weighted by Crippen LogP contribution is 2.45. The standard InChI is InChI=1S/C14H15ClFN7O3S/c1-6(24)8-9(25)14(15,3-2-4-16)12(26-8)23-5-18-7-10(23)19-13(21-22-17)20-11(7)27/h5-6,8-9,12,24-25H,4H2,1H3,(H3,17,19,20,21,27)/t6-,8-,9+,12-,14-/m1/s1. The molecule has 0 bridgehead atoms. The first kappa shape index (κ1) is 19.6. The topological polar surface area (TPSA) is 147 Å².